The highest BCUT2D eigenvalue weighted by Gasteiger charge is 2.28. The average molecular weight is 490 g/mol. The lowest BCUT2D eigenvalue weighted by Crippen LogP contribution is -2.25. The molecule has 178 valence electrons. The lowest BCUT2D eigenvalue weighted by molar-refractivity contribution is -0.113. The molecule has 1 aliphatic heterocycles. The van der Waals surface area contributed by atoms with Gasteiger partial charge < -0.3 is 14.0 Å². The van der Waals surface area contributed by atoms with Gasteiger partial charge in [0, 0.05) is 18.2 Å². The Kier molecular flexibility index (Phi) is 6.53. The fourth-order valence-corrected chi connectivity index (χ4v) is 4.35. The van der Waals surface area contributed by atoms with E-state index >= 15 is 0 Å². The minimum absolute atomic E-state index is 0.112. The van der Waals surface area contributed by atoms with Crippen LogP contribution in [0.15, 0.2) is 76.9 Å². The number of fused-ring (bicyclic) bond motifs is 1. The molecule has 0 fully saturated rings. The van der Waals surface area contributed by atoms with Crippen molar-refractivity contribution >= 4 is 23.6 Å². The monoisotopic (exact) mass is 489 g/mol. The van der Waals surface area contributed by atoms with Crippen LogP contribution in [-0.2, 0) is 11.3 Å². The second kappa shape index (κ2) is 10.1. The molecule has 1 aliphatic rings. The predicted molar refractivity (Wildman–Crippen MR) is 132 cm³/mol. The van der Waals surface area contributed by atoms with Gasteiger partial charge in [0.1, 0.15) is 12.3 Å². The van der Waals surface area contributed by atoms with Crippen LogP contribution < -0.4 is 14.8 Å². The number of thioether (sulfide) groups is 1. The first-order valence-electron chi connectivity index (χ1n) is 11.0. The summed E-state index contributed by atoms with van der Waals surface area (Å²) in [6.45, 7) is 6.62. The Hall–Kier alpha value is -4.05. The topological polar surface area (TPSA) is 104 Å². The number of carbonyl (C=O) groups excluding carboxylic acids is 1. The van der Waals surface area contributed by atoms with Crippen LogP contribution in [0.3, 0.4) is 0 Å². The number of hydrogen-bond acceptors (Lipinski definition) is 8. The minimum atomic E-state index is -0.421. The second-order valence-electron chi connectivity index (χ2n) is 7.88. The first kappa shape index (κ1) is 22.7. The number of amides is 1. The molecule has 35 heavy (non-hydrogen) atoms. The smallest absolute Gasteiger partial charge is 0.237 e. The van der Waals surface area contributed by atoms with Crippen molar-refractivity contribution in [2.75, 3.05) is 17.7 Å². The van der Waals surface area contributed by atoms with Crippen molar-refractivity contribution in [2.45, 2.75) is 24.7 Å². The fourth-order valence-electron chi connectivity index (χ4n) is 3.59. The molecule has 9 nitrogen and oxygen atoms in total. The molecular formula is C25H23N5O4S. The predicted octanol–water partition coefficient (Wildman–Crippen LogP) is 4.67. The zero-order valence-corrected chi connectivity index (χ0v) is 19.8. The highest BCUT2D eigenvalue weighted by molar-refractivity contribution is 7.99. The van der Waals surface area contributed by atoms with Crippen molar-refractivity contribution in [3.05, 3.63) is 78.6 Å². The minimum Gasteiger partial charge on any atom is -0.485 e. The molecule has 0 saturated heterocycles. The first-order valence-corrected chi connectivity index (χ1v) is 12.0. The van der Waals surface area contributed by atoms with Crippen LogP contribution in [0.5, 0.6) is 11.5 Å². The molecule has 0 saturated carbocycles. The standard InChI is InChI=1S/C25H23N5O4S/c1-3-12-30-24(21-14-32-19-6-4-5-7-20(19)33-21)27-28-25(30)35-15-22(31)26-23-13-18(29-34-23)17-10-8-16(2)9-11-17/h3-11,13,21H,1,12,14-15H2,2H3,(H,26,31)/t21-/m1/s1. The van der Waals surface area contributed by atoms with E-state index in [4.69, 9.17) is 14.0 Å². The van der Waals surface area contributed by atoms with Crippen molar-refractivity contribution in [2.24, 2.45) is 0 Å². The number of nitrogens with one attached hydrogen (secondary N) is 1. The largest absolute Gasteiger partial charge is 0.485 e. The lowest BCUT2D eigenvalue weighted by Gasteiger charge is -2.26. The molecule has 0 radical (unpaired) electrons. The van der Waals surface area contributed by atoms with E-state index in [-0.39, 0.29) is 17.5 Å². The van der Waals surface area contributed by atoms with E-state index in [2.05, 4.69) is 27.2 Å². The van der Waals surface area contributed by atoms with Gasteiger partial charge in [0.15, 0.2) is 28.6 Å². The van der Waals surface area contributed by atoms with Crippen LogP contribution in [0.4, 0.5) is 5.88 Å². The maximum Gasteiger partial charge on any atom is 0.237 e. The second-order valence-corrected chi connectivity index (χ2v) is 8.83. The van der Waals surface area contributed by atoms with Gasteiger partial charge in [0.05, 0.1) is 5.75 Å². The van der Waals surface area contributed by atoms with E-state index in [1.165, 1.54) is 11.8 Å². The SMILES string of the molecule is C=CCn1c(SCC(=O)Nc2cc(-c3ccc(C)cc3)no2)nnc1[C@H]1COc2ccccc2O1. The van der Waals surface area contributed by atoms with Crippen LogP contribution >= 0.6 is 11.8 Å². The molecule has 0 unspecified atom stereocenters. The Labute approximate surface area is 206 Å². The van der Waals surface area contributed by atoms with Gasteiger partial charge in [-0.3, -0.25) is 14.7 Å². The van der Waals surface area contributed by atoms with Gasteiger partial charge in [0.25, 0.3) is 0 Å². The summed E-state index contributed by atoms with van der Waals surface area (Å²) >= 11 is 1.26. The number of hydrogen-bond donors (Lipinski definition) is 1. The number of ether oxygens (including phenoxy) is 2. The summed E-state index contributed by atoms with van der Waals surface area (Å²) in [6, 6.07) is 17.1. The third kappa shape index (κ3) is 5.07. The van der Waals surface area contributed by atoms with Crippen molar-refractivity contribution in [1.82, 2.24) is 19.9 Å². The number of anilines is 1. The molecule has 10 heteroatoms. The normalized spacial score (nSPS) is 14.5. The van der Waals surface area contributed by atoms with E-state index in [9.17, 15) is 4.79 Å². The van der Waals surface area contributed by atoms with E-state index in [0.717, 1.165) is 11.1 Å². The molecule has 4 aromatic rings. The van der Waals surface area contributed by atoms with Crippen LogP contribution in [0.25, 0.3) is 11.3 Å². The summed E-state index contributed by atoms with van der Waals surface area (Å²) in [4.78, 5) is 12.5. The van der Waals surface area contributed by atoms with E-state index in [1.54, 1.807) is 12.1 Å². The maximum atomic E-state index is 12.5. The summed E-state index contributed by atoms with van der Waals surface area (Å²) in [5, 5.41) is 15.9. The number of aryl methyl sites for hydroxylation is 1. The van der Waals surface area contributed by atoms with Gasteiger partial charge in [-0.05, 0) is 19.1 Å². The van der Waals surface area contributed by atoms with Gasteiger partial charge >= 0.3 is 0 Å². The Morgan fingerprint density at radius 2 is 2.00 bits per heavy atom. The van der Waals surface area contributed by atoms with Gasteiger partial charge in [-0.2, -0.15) is 0 Å². The molecule has 2 aromatic heterocycles. The van der Waals surface area contributed by atoms with E-state index < -0.39 is 6.10 Å². The van der Waals surface area contributed by atoms with Crippen LogP contribution in [-0.4, -0.2) is 38.2 Å². The number of aromatic nitrogens is 4. The summed E-state index contributed by atoms with van der Waals surface area (Å²) in [7, 11) is 0. The third-order valence-corrected chi connectivity index (χ3v) is 6.27. The van der Waals surface area contributed by atoms with Gasteiger partial charge in [0.2, 0.25) is 11.8 Å². The van der Waals surface area contributed by atoms with E-state index in [0.29, 0.717) is 41.3 Å². The summed E-state index contributed by atoms with van der Waals surface area (Å²) in [6.07, 6.45) is 1.32. The molecule has 2 aromatic carbocycles. The number of nitrogens with zero attached hydrogens (tertiary/aromatic N) is 4. The number of carbonyl (C=O) groups is 1. The molecule has 0 aliphatic carbocycles. The molecule has 1 amide bonds. The van der Waals surface area contributed by atoms with Gasteiger partial charge in [-0.25, -0.2) is 0 Å². The third-order valence-electron chi connectivity index (χ3n) is 5.31. The Bertz CT molecular complexity index is 1350. The molecule has 1 atom stereocenters. The maximum absolute atomic E-state index is 12.5. The Morgan fingerprint density at radius 3 is 2.80 bits per heavy atom. The first-order chi connectivity index (χ1) is 17.1. The van der Waals surface area contributed by atoms with Crippen LogP contribution in [0.2, 0.25) is 0 Å². The fraction of sp³-hybridized carbons (Fsp3) is 0.200. The van der Waals surface area contributed by atoms with Crippen LogP contribution in [0.1, 0.15) is 17.5 Å². The van der Waals surface area contributed by atoms with Crippen LogP contribution in [0, 0.1) is 6.92 Å². The Morgan fingerprint density at radius 1 is 1.20 bits per heavy atom. The summed E-state index contributed by atoms with van der Waals surface area (Å²) in [5.41, 5.74) is 2.72. The van der Waals surface area contributed by atoms with Gasteiger partial charge in [-0.15, -0.1) is 16.8 Å². The highest BCUT2D eigenvalue weighted by atomic mass is 32.2. The summed E-state index contributed by atoms with van der Waals surface area (Å²) < 4.78 is 19.0. The average Bonchev–Trinajstić information content (AvgIpc) is 3.50. The number of allylic oxidation sites excluding steroid dienone is 1. The van der Waals surface area contributed by atoms with Crippen molar-refractivity contribution in [3.63, 3.8) is 0 Å². The molecule has 0 spiro atoms. The molecule has 0 bridgehead atoms. The molecular weight excluding hydrogens is 466 g/mol. The molecule has 1 N–H and O–H groups in total. The van der Waals surface area contributed by atoms with Crippen molar-refractivity contribution in [1.29, 1.82) is 0 Å². The highest BCUT2D eigenvalue weighted by Crippen LogP contribution is 2.36. The van der Waals surface area contributed by atoms with Crippen molar-refractivity contribution < 1.29 is 18.8 Å². The molecule has 5 rings (SSSR count). The lowest BCUT2D eigenvalue weighted by atomic mass is 10.1. The number of rotatable bonds is 8. The molecule has 3 heterocycles. The van der Waals surface area contributed by atoms with Gasteiger partial charge in [-0.1, -0.05) is 65.0 Å². The Balaban J connectivity index is 1.23. The van der Waals surface area contributed by atoms with E-state index in [1.807, 2.05) is 60.0 Å². The number of benzene rings is 2. The zero-order chi connectivity index (χ0) is 24.2. The number of para-hydroxylation sites is 2. The van der Waals surface area contributed by atoms with Crippen molar-refractivity contribution in [3.8, 4) is 22.8 Å². The zero-order valence-electron chi connectivity index (χ0n) is 19.0. The quantitative estimate of drug-likeness (QED) is 0.281. The summed E-state index contributed by atoms with van der Waals surface area (Å²) in [5.74, 6) is 2.11.